The first-order valence-electron chi connectivity index (χ1n) is 5.65. The Hall–Kier alpha value is -0.760. The van der Waals surface area contributed by atoms with Gasteiger partial charge in [0.2, 0.25) is 0 Å². The molecule has 0 bridgehead atoms. The lowest BCUT2D eigenvalue weighted by molar-refractivity contribution is 0.611. The number of nitrogens with zero attached hydrogens (tertiary/aromatic N) is 2. The van der Waals surface area contributed by atoms with Crippen LogP contribution in [0.3, 0.4) is 0 Å². The van der Waals surface area contributed by atoms with Crippen LogP contribution in [0, 0.1) is 0 Å². The predicted molar refractivity (Wildman–Crippen MR) is 64.5 cm³/mol. The van der Waals surface area contributed by atoms with Crippen molar-refractivity contribution in [2.45, 2.75) is 38.6 Å². The SMILES string of the molecule is CC1CCCCCN1c1ccc(Cl)cn1. The normalized spacial score (nSPS) is 22.5. The van der Waals surface area contributed by atoms with Crippen LogP contribution in [0.25, 0.3) is 0 Å². The number of aromatic nitrogens is 1. The van der Waals surface area contributed by atoms with Crippen molar-refractivity contribution in [3.8, 4) is 0 Å². The van der Waals surface area contributed by atoms with Gasteiger partial charge in [0.15, 0.2) is 0 Å². The summed E-state index contributed by atoms with van der Waals surface area (Å²) in [6.07, 6.45) is 6.95. The van der Waals surface area contributed by atoms with E-state index in [1.54, 1.807) is 6.20 Å². The molecule has 0 spiro atoms. The maximum atomic E-state index is 5.84. The summed E-state index contributed by atoms with van der Waals surface area (Å²) in [6, 6.07) is 4.53. The Labute approximate surface area is 96.3 Å². The maximum Gasteiger partial charge on any atom is 0.128 e. The fraction of sp³-hybridized carbons (Fsp3) is 0.583. The van der Waals surface area contributed by atoms with Gasteiger partial charge in [-0.15, -0.1) is 0 Å². The number of anilines is 1. The molecule has 2 rings (SSSR count). The lowest BCUT2D eigenvalue weighted by Gasteiger charge is -2.28. The topological polar surface area (TPSA) is 16.1 Å². The maximum absolute atomic E-state index is 5.84. The highest BCUT2D eigenvalue weighted by Crippen LogP contribution is 2.22. The van der Waals surface area contributed by atoms with Gasteiger partial charge in [0.1, 0.15) is 5.82 Å². The number of rotatable bonds is 1. The summed E-state index contributed by atoms with van der Waals surface area (Å²) in [6.45, 7) is 3.40. The first-order chi connectivity index (χ1) is 7.27. The van der Waals surface area contributed by atoms with E-state index in [2.05, 4.69) is 16.8 Å². The van der Waals surface area contributed by atoms with Crippen LogP contribution in [-0.2, 0) is 0 Å². The van der Waals surface area contributed by atoms with Gasteiger partial charge in [0.05, 0.1) is 5.02 Å². The van der Waals surface area contributed by atoms with Gasteiger partial charge in [-0.25, -0.2) is 4.98 Å². The Bertz CT molecular complexity index is 310. The fourth-order valence-electron chi connectivity index (χ4n) is 2.15. The van der Waals surface area contributed by atoms with Crippen LogP contribution in [-0.4, -0.2) is 17.6 Å². The molecule has 82 valence electrons. The van der Waals surface area contributed by atoms with Gasteiger partial charge in [-0.2, -0.15) is 0 Å². The van der Waals surface area contributed by atoms with Gasteiger partial charge in [-0.05, 0) is 31.9 Å². The van der Waals surface area contributed by atoms with Crippen LogP contribution >= 0.6 is 11.6 Å². The van der Waals surface area contributed by atoms with Gasteiger partial charge in [-0.1, -0.05) is 24.4 Å². The largest absolute Gasteiger partial charge is 0.354 e. The summed E-state index contributed by atoms with van der Waals surface area (Å²) in [7, 11) is 0. The molecule has 0 radical (unpaired) electrons. The molecule has 0 amide bonds. The van der Waals surface area contributed by atoms with E-state index in [1.807, 2.05) is 12.1 Å². The van der Waals surface area contributed by atoms with Crippen molar-refractivity contribution in [1.29, 1.82) is 0 Å². The van der Waals surface area contributed by atoms with E-state index < -0.39 is 0 Å². The number of halogens is 1. The van der Waals surface area contributed by atoms with E-state index in [9.17, 15) is 0 Å². The third kappa shape index (κ3) is 2.63. The second kappa shape index (κ2) is 4.84. The van der Waals surface area contributed by atoms with Crippen molar-refractivity contribution in [3.63, 3.8) is 0 Å². The molecule has 2 heterocycles. The third-order valence-electron chi connectivity index (χ3n) is 3.06. The molecule has 0 aliphatic carbocycles. The lowest BCUT2D eigenvalue weighted by Crippen LogP contribution is -2.33. The number of pyridine rings is 1. The molecule has 1 saturated heterocycles. The smallest absolute Gasteiger partial charge is 0.128 e. The molecule has 1 atom stereocenters. The molecule has 3 heteroatoms. The van der Waals surface area contributed by atoms with Crippen LogP contribution in [0.15, 0.2) is 18.3 Å². The van der Waals surface area contributed by atoms with Crippen LogP contribution in [0.1, 0.15) is 32.6 Å². The van der Waals surface area contributed by atoms with E-state index in [0.29, 0.717) is 11.1 Å². The van der Waals surface area contributed by atoms with Gasteiger partial charge < -0.3 is 4.90 Å². The standard InChI is InChI=1S/C12H17ClN2/c1-10-5-3-2-4-8-15(10)12-7-6-11(13)9-14-12/h6-7,9-10H,2-5,8H2,1H3. The van der Waals surface area contributed by atoms with E-state index in [4.69, 9.17) is 11.6 Å². The van der Waals surface area contributed by atoms with Gasteiger partial charge >= 0.3 is 0 Å². The quantitative estimate of drug-likeness (QED) is 0.726. The summed E-state index contributed by atoms with van der Waals surface area (Å²) in [5, 5.41) is 0.709. The molecule has 1 aliphatic rings. The predicted octanol–water partition coefficient (Wildman–Crippen LogP) is 3.50. The summed E-state index contributed by atoms with van der Waals surface area (Å²) >= 11 is 5.84. The van der Waals surface area contributed by atoms with Crippen molar-refractivity contribution in [2.24, 2.45) is 0 Å². The van der Waals surface area contributed by atoms with Crippen LogP contribution in [0.2, 0.25) is 5.02 Å². The summed E-state index contributed by atoms with van der Waals surface area (Å²) in [5.74, 6) is 1.06. The minimum atomic E-state index is 0.598. The number of hydrogen-bond donors (Lipinski definition) is 0. The average molecular weight is 225 g/mol. The summed E-state index contributed by atoms with van der Waals surface area (Å²) < 4.78 is 0. The van der Waals surface area contributed by atoms with E-state index in [0.717, 1.165) is 12.4 Å². The van der Waals surface area contributed by atoms with Crippen molar-refractivity contribution in [3.05, 3.63) is 23.4 Å². The highest BCUT2D eigenvalue weighted by Gasteiger charge is 2.17. The highest BCUT2D eigenvalue weighted by molar-refractivity contribution is 6.30. The highest BCUT2D eigenvalue weighted by atomic mass is 35.5. The molecule has 2 nitrogen and oxygen atoms in total. The van der Waals surface area contributed by atoms with Crippen molar-refractivity contribution in [1.82, 2.24) is 4.98 Å². The fourth-order valence-corrected chi connectivity index (χ4v) is 2.26. The molecular formula is C12H17ClN2. The minimum Gasteiger partial charge on any atom is -0.354 e. The monoisotopic (exact) mass is 224 g/mol. The second-order valence-corrected chi connectivity index (χ2v) is 4.66. The first-order valence-corrected chi connectivity index (χ1v) is 6.03. The molecule has 1 fully saturated rings. The Morgan fingerprint density at radius 1 is 1.33 bits per heavy atom. The van der Waals surface area contributed by atoms with Gasteiger partial charge in [0.25, 0.3) is 0 Å². The Morgan fingerprint density at radius 2 is 2.20 bits per heavy atom. The zero-order chi connectivity index (χ0) is 10.7. The van der Waals surface area contributed by atoms with Gasteiger partial charge in [-0.3, -0.25) is 0 Å². The molecule has 1 aromatic heterocycles. The lowest BCUT2D eigenvalue weighted by atomic mass is 10.1. The molecular weight excluding hydrogens is 208 g/mol. The van der Waals surface area contributed by atoms with E-state index in [1.165, 1.54) is 25.7 Å². The number of hydrogen-bond acceptors (Lipinski definition) is 2. The van der Waals surface area contributed by atoms with Crippen LogP contribution in [0.5, 0.6) is 0 Å². The molecule has 0 saturated carbocycles. The zero-order valence-corrected chi connectivity index (χ0v) is 9.87. The van der Waals surface area contributed by atoms with E-state index in [-0.39, 0.29) is 0 Å². The van der Waals surface area contributed by atoms with Crippen LogP contribution < -0.4 is 4.90 Å². The first kappa shape index (κ1) is 10.7. The molecule has 1 aromatic rings. The van der Waals surface area contributed by atoms with E-state index >= 15 is 0 Å². The van der Waals surface area contributed by atoms with Crippen molar-refractivity contribution in [2.75, 3.05) is 11.4 Å². The average Bonchev–Trinajstić information content (AvgIpc) is 2.44. The third-order valence-corrected chi connectivity index (χ3v) is 3.28. The summed E-state index contributed by atoms with van der Waals surface area (Å²) in [4.78, 5) is 6.78. The van der Waals surface area contributed by atoms with Crippen molar-refractivity contribution >= 4 is 17.4 Å². The van der Waals surface area contributed by atoms with Crippen molar-refractivity contribution < 1.29 is 0 Å². The zero-order valence-electron chi connectivity index (χ0n) is 9.12. The van der Waals surface area contributed by atoms with Crippen LogP contribution in [0.4, 0.5) is 5.82 Å². The van der Waals surface area contributed by atoms with Gasteiger partial charge in [0, 0.05) is 18.8 Å². The minimum absolute atomic E-state index is 0.598. The Balaban J connectivity index is 2.16. The molecule has 1 aliphatic heterocycles. The Kier molecular flexibility index (Phi) is 3.47. The molecule has 0 aromatic carbocycles. The second-order valence-electron chi connectivity index (χ2n) is 4.23. The summed E-state index contributed by atoms with van der Waals surface area (Å²) in [5.41, 5.74) is 0. The molecule has 1 unspecified atom stereocenters. The molecule has 15 heavy (non-hydrogen) atoms. The Morgan fingerprint density at radius 3 is 2.93 bits per heavy atom. The molecule has 0 N–H and O–H groups in total.